The fraction of sp³-hybridized carbons (Fsp3) is 0.250. The summed E-state index contributed by atoms with van der Waals surface area (Å²) in [5, 5.41) is 0. The van der Waals surface area contributed by atoms with Gasteiger partial charge in [-0.05, 0) is 19.9 Å². The molecule has 1 rings (SSSR count). The van der Waals surface area contributed by atoms with Crippen molar-refractivity contribution in [3.63, 3.8) is 0 Å². The van der Waals surface area contributed by atoms with E-state index in [2.05, 4.69) is 6.92 Å². The maximum Gasteiger partial charge on any atom is 0.253 e. The molecule has 0 N–H and O–H groups in total. The van der Waals surface area contributed by atoms with E-state index in [0.29, 0.717) is 6.54 Å². The van der Waals surface area contributed by atoms with Crippen LogP contribution in [0.25, 0.3) is 0 Å². The monoisotopic (exact) mass is 136 g/mol. The minimum absolute atomic E-state index is 0.0532. The molecule has 0 aliphatic carbocycles. The van der Waals surface area contributed by atoms with Crippen molar-refractivity contribution in [1.82, 2.24) is 4.57 Å². The normalized spacial score (nSPS) is 9.80. The predicted molar refractivity (Wildman–Crippen MR) is 40.8 cm³/mol. The Kier molecular flexibility index (Phi) is 1.90. The van der Waals surface area contributed by atoms with Crippen LogP contribution in [0.2, 0.25) is 0 Å². The molecule has 1 aromatic rings. The third kappa shape index (κ3) is 1.10. The molecule has 0 bridgehead atoms. The van der Waals surface area contributed by atoms with Crippen molar-refractivity contribution in [1.29, 1.82) is 0 Å². The Hall–Kier alpha value is -1.05. The summed E-state index contributed by atoms with van der Waals surface area (Å²) in [5.74, 6) is 0. The molecule has 0 saturated heterocycles. The highest BCUT2D eigenvalue weighted by molar-refractivity contribution is 5.07. The lowest BCUT2D eigenvalue weighted by Gasteiger charge is -1.99. The standard InChI is InChI=1S/C8H10NO/c1-3-9-6-4-5-7(2)8(9)10/h4-6H,1,3H2,2H3. The summed E-state index contributed by atoms with van der Waals surface area (Å²) in [6.07, 6.45) is 1.74. The molecule has 2 nitrogen and oxygen atoms in total. The average molecular weight is 136 g/mol. The quantitative estimate of drug-likeness (QED) is 0.564. The van der Waals surface area contributed by atoms with E-state index in [0.717, 1.165) is 5.56 Å². The van der Waals surface area contributed by atoms with Crippen molar-refractivity contribution in [3.05, 3.63) is 41.2 Å². The van der Waals surface area contributed by atoms with Crippen LogP contribution in [-0.4, -0.2) is 4.57 Å². The molecule has 0 spiro atoms. The number of nitrogens with zero attached hydrogens (tertiary/aromatic N) is 1. The number of pyridine rings is 1. The van der Waals surface area contributed by atoms with Gasteiger partial charge >= 0.3 is 0 Å². The van der Waals surface area contributed by atoms with Gasteiger partial charge in [0.25, 0.3) is 5.56 Å². The van der Waals surface area contributed by atoms with Crippen molar-refractivity contribution in [2.75, 3.05) is 0 Å². The van der Waals surface area contributed by atoms with E-state index in [-0.39, 0.29) is 5.56 Å². The summed E-state index contributed by atoms with van der Waals surface area (Å²) < 4.78 is 1.58. The van der Waals surface area contributed by atoms with E-state index in [1.807, 2.05) is 6.07 Å². The van der Waals surface area contributed by atoms with Gasteiger partial charge in [-0.25, -0.2) is 0 Å². The van der Waals surface area contributed by atoms with Crippen molar-refractivity contribution in [2.45, 2.75) is 13.5 Å². The average Bonchev–Trinajstić information content (AvgIpc) is 1.95. The zero-order valence-electron chi connectivity index (χ0n) is 6.00. The molecule has 1 aromatic heterocycles. The third-order valence-electron chi connectivity index (χ3n) is 1.45. The highest BCUT2D eigenvalue weighted by atomic mass is 16.1. The van der Waals surface area contributed by atoms with Crippen LogP contribution in [0.3, 0.4) is 0 Å². The van der Waals surface area contributed by atoms with Crippen LogP contribution in [0.4, 0.5) is 0 Å². The van der Waals surface area contributed by atoms with E-state index in [1.54, 1.807) is 23.8 Å². The summed E-state index contributed by atoms with van der Waals surface area (Å²) in [7, 11) is 0. The lowest BCUT2D eigenvalue weighted by Crippen LogP contribution is -2.19. The van der Waals surface area contributed by atoms with Gasteiger partial charge in [0.1, 0.15) is 0 Å². The van der Waals surface area contributed by atoms with Crippen LogP contribution in [0.1, 0.15) is 5.56 Å². The molecule has 0 aliphatic heterocycles. The molecule has 0 saturated carbocycles. The SMILES string of the molecule is [CH2]Cn1cccc(C)c1=O. The largest absolute Gasteiger partial charge is 0.315 e. The van der Waals surface area contributed by atoms with Gasteiger partial charge in [0.15, 0.2) is 0 Å². The maximum atomic E-state index is 11.1. The first kappa shape index (κ1) is 7.06. The van der Waals surface area contributed by atoms with Gasteiger partial charge in [-0.15, -0.1) is 0 Å². The fourth-order valence-corrected chi connectivity index (χ4v) is 0.833. The Morgan fingerprint density at radius 2 is 2.40 bits per heavy atom. The Labute approximate surface area is 60.1 Å². The summed E-state index contributed by atoms with van der Waals surface area (Å²) in [5.41, 5.74) is 0.823. The van der Waals surface area contributed by atoms with Crippen molar-refractivity contribution in [3.8, 4) is 0 Å². The lowest BCUT2D eigenvalue weighted by atomic mass is 10.3. The highest BCUT2D eigenvalue weighted by Gasteiger charge is 1.93. The molecule has 0 aromatic carbocycles. The molecule has 0 fully saturated rings. The van der Waals surface area contributed by atoms with Crippen molar-refractivity contribution in [2.24, 2.45) is 0 Å². The first-order chi connectivity index (χ1) is 4.75. The van der Waals surface area contributed by atoms with Gasteiger partial charge in [-0.2, -0.15) is 0 Å². The van der Waals surface area contributed by atoms with E-state index < -0.39 is 0 Å². The molecule has 1 radical (unpaired) electrons. The van der Waals surface area contributed by atoms with E-state index in [9.17, 15) is 4.79 Å². The van der Waals surface area contributed by atoms with Crippen LogP contribution in [0.5, 0.6) is 0 Å². The second-order valence-corrected chi connectivity index (χ2v) is 2.19. The van der Waals surface area contributed by atoms with Crippen LogP contribution in [0, 0.1) is 13.8 Å². The van der Waals surface area contributed by atoms with Crippen molar-refractivity contribution >= 4 is 0 Å². The summed E-state index contributed by atoms with van der Waals surface area (Å²) in [6.45, 7) is 5.92. The van der Waals surface area contributed by atoms with Gasteiger partial charge in [0.05, 0.1) is 0 Å². The number of aryl methyl sites for hydroxylation is 1. The Morgan fingerprint density at radius 1 is 1.70 bits per heavy atom. The Balaban J connectivity index is 3.28. The minimum atomic E-state index is 0.0532. The third-order valence-corrected chi connectivity index (χ3v) is 1.45. The zero-order valence-corrected chi connectivity index (χ0v) is 6.00. The smallest absolute Gasteiger partial charge is 0.253 e. The number of rotatable bonds is 1. The van der Waals surface area contributed by atoms with E-state index in [4.69, 9.17) is 0 Å². The first-order valence-electron chi connectivity index (χ1n) is 3.21. The van der Waals surface area contributed by atoms with E-state index in [1.165, 1.54) is 0 Å². The molecule has 0 amide bonds. The van der Waals surface area contributed by atoms with Gasteiger partial charge in [0, 0.05) is 18.3 Å². The molecule has 53 valence electrons. The summed E-state index contributed by atoms with van der Waals surface area (Å²) in [6, 6.07) is 3.65. The number of hydrogen-bond donors (Lipinski definition) is 0. The topological polar surface area (TPSA) is 22.0 Å². The van der Waals surface area contributed by atoms with E-state index >= 15 is 0 Å². The molecule has 2 heteroatoms. The molecule has 10 heavy (non-hydrogen) atoms. The van der Waals surface area contributed by atoms with Crippen molar-refractivity contribution < 1.29 is 0 Å². The van der Waals surface area contributed by atoms with Crippen LogP contribution in [0.15, 0.2) is 23.1 Å². The molecule has 1 heterocycles. The Bertz CT molecular complexity index is 275. The van der Waals surface area contributed by atoms with Crippen LogP contribution in [-0.2, 0) is 6.54 Å². The molecule has 0 aliphatic rings. The van der Waals surface area contributed by atoms with Gasteiger partial charge in [-0.3, -0.25) is 4.79 Å². The Morgan fingerprint density at radius 3 is 2.90 bits per heavy atom. The fourth-order valence-electron chi connectivity index (χ4n) is 0.833. The lowest BCUT2D eigenvalue weighted by molar-refractivity contribution is 0.769. The van der Waals surface area contributed by atoms with Gasteiger partial charge in [-0.1, -0.05) is 6.07 Å². The molecular formula is C8H10NO. The molecular weight excluding hydrogens is 126 g/mol. The first-order valence-corrected chi connectivity index (χ1v) is 3.21. The maximum absolute atomic E-state index is 11.1. The predicted octanol–water partition coefficient (Wildman–Crippen LogP) is 0.991. The number of hydrogen-bond acceptors (Lipinski definition) is 1. The highest BCUT2D eigenvalue weighted by Crippen LogP contribution is 1.87. The van der Waals surface area contributed by atoms with Gasteiger partial charge in [0.2, 0.25) is 0 Å². The summed E-state index contributed by atoms with van der Waals surface area (Å²) >= 11 is 0. The molecule has 0 atom stereocenters. The number of aromatic nitrogens is 1. The van der Waals surface area contributed by atoms with Gasteiger partial charge < -0.3 is 4.57 Å². The zero-order chi connectivity index (χ0) is 7.56. The second kappa shape index (κ2) is 2.69. The van der Waals surface area contributed by atoms with Crippen LogP contribution < -0.4 is 5.56 Å². The second-order valence-electron chi connectivity index (χ2n) is 2.19. The minimum Gasteiger partial charge on any atom is -0.315 e. The van der Waals surface area contributed by atoms with Crippen LogP contribution >= 0.6 is 0 Å². The summed E-state index contributed by atoms with van der Waals surface area (Å²) in [4.78, 5) is 11.1. The molecule has 0 unspecified atom stereocenters.